The maximum absolute atomic E-state index is 12.1. The van der Waals surface area contributed by atoms with Gasteiger partial charge in [0.25, 0.3) is 0 Å². The van der Waals surface area contributed by atoms with E-state index in [4.69, 9.17) is 0 Å². The van der Waals surface area contributed by atoms with Gasteiger partial charge in [-0.1, -0.05) is 12.1 Å². The maximum Gasteiger partial charge on any atom is 0.242 e. The van der Waals surface area contributed by atoms with Crippen molar-refractivity contribution >= 4 is 22.7 Å². The van der Waals surface area contributed by atoms with E-state index in [2.05, 4.69) is 28.6 Å². The predicted octanol–water partition coefficient (Wildman–Crippen LogP) is 1.80. The average molecular weight is 299 g/mol. The van der Waals surface area contributed by atoms with E-state index in [-0.39, 0.29) is 17.9 Å². The summed E-state index contributed by atoms with van der Waals surface area (Å²) in [6.45, 7) is 2.78. The van der Waals surface area contributed by atoms with Crippen LogP contribution >= 0.6 is 0 Å². The first-order valence-electron chi connectivity index (χ1n) is 7.78. The van der Waals surface area contributed by atoms with Gasteiger partial charge in [0.05, 0.1) is 0 Å². The van der Waals surface area contributed by atoms with Crippen LogP contribution in [-0.2, 0) is 16.0 Å². The number of hydrogen-bond acceptors (Lipinski definition) is 2. The quantitative estimate of drug-likeness (QED) is 0.805. The van der Waals surface area contributed by atoms with Crippen LogP contribution in [0.5, 0.6) is 0 Å². The van der Waals surface area contributed by atoms with Crippen molar-refractivity contribution in [1.29, 1.82) is 0 Å². The van der Waals surface area contributed by atoms with Crippen molar-refractivity contribution < 1.29 is 9.59 Å². The second kappa shape index (κ2) is 6.22. The molecule has 5 nitrogen and oxygen atoms in total. The molecule has 1 aromatic carbocycles. The Hall–Kier alpha value is -2.30. The summed E-state index contributed by atoms with van der Waals surface area (Å²) in [6, 6.07) is 5.77. The van der Waals surface area contributed by atoms with Crippen LogP contribution in [0, 0.1) is 6.92 Å². The zero-order chi connectivity index (χ0) is 15.5. The number of benzene rings is 1. The molecule has 0 radical (unpaired) electrons. The van der Waals surface area contributed by atoms with Gasteiger partial charge in [-0.05, 0) is 43.4 Å². The predicted molar refractivity (Wildman–Crippen MR) is 85.5 cm³/mol. The molecule has 5 heteroatoms. The smallest absolute Gasteiger partial charge is 0.242 e. The molecule has 1 aromatic heterocycles. The van der Waals surface area contributed by atoms with Crippen molar-refractivity contribution in [2.45, 2.75) is 38.6 Å². The highest BCUT2D eigenvalue weighted by Gasteiger charge is 2.23. The van der Waals surface area contributed by atoms with Crippen molar-refractivity contribution in [3.63, 3.8) is 0 Å². The molecule has 22 heavy (non-hydrogen) atoms. The molecule has 2 heterocycles. The second-order valence-electron chi connectivity index (χ2n) is 5.86. The molecule has 3 N–H and O–H groups in total. The fourth-order valence-electron chi connectivity index (χ4n) is 3.07. The number of aryl methyl sites for hydroxylation is 2. The number of piperidine rings is 1. The Kier molecular flexibility index (Phi) is 4.13. The monoisotopic (exact) mass is 299 g/mol. The number of nitrogens with one attached hydrogen (secondary N) is 3. The van der Waals surface area contributed by atoms with Crippen LogP contribution in [0.3, 0.4) is 0 Å². The van der Waals surface area contributed by atoms with Crippen molar-refractivity contribution in [3.05, 3.63) is 35.5 Å². The number of rotatable bonds is 4. The zero-order valence-electron chi connectivity index (χ0n) is 12.7. The van der Waals surface area contributed by atoms with Gasteiger partial charge in [0, 0.05) is 30.1 Å². The van der Waals surface area contributed by atoms with Crippen LogP contribution in [0.4, 0.5) is 0 Å². The number of carbonyl (C=O) groups excluding carboxylic acids is 2. The van der Waals surface area contributed by atoms with Gasteiger partial charge in [-0.3, -0.25) is 9.59 Å². The molecule has 0 bridgehead atoms. The van der Waals surface area contributed by atoms with Gasteiger partial charge in [0.15, 0.2) is 0 Å². The normalized spacial score (nSPS) is 18.2. The number of aromatic amines is 1. The molecule has 1 saturated heterocycles. The Bertz CT molecular complexity index is 705. The maximum atomic E-state index is 12.1. The Labute approximate surface area is 129 Å². The molecule has 0 unspecified atom stereocenters. The highest BCUT2D eigenvalue weighted by atomic mass is 16.2. The van der Waals surface area contributed by atoms with Crippen LogP contribution in [0.1, 0.15) is 30.4 Å². The van der Waals surface area contributed by atoms with E-state index in [1.165, 1.54) is 10.9 Å². The SMILES string of the molecule is Cc1cccc2[nH]cc(CCC(=O)N[C@H]3CCCNC3=O)c12. The van der Waals surface area contributed by atoms with Crippen LogP contribution in [-0.4, -0.2) is 29.4 Å². The summed E-state index contributed by atoms with van der Waals surface area (Å²) >= 11 is 0. The van der Waals surface area contributed by atoms with Gasteiger partial charge in [-0.2, -0.15) is 0 Å². The van der Waals surface area contributed by atoms with E-state index in [9.17, 15) is 9.59 Å². The molecule has 2 amide bonds. The van der Waals surface area contributed by atoms with Crippen molar-refractivity contribution in [2.75, 3.05) is 6.54 Å². The first kappa shape index (κ1) is 14.6. The molecular formula is C17H21N3O2. The number of H-pyrrole nitrogens is 1. The van der Waals surface area contributed by atoms with Gasteiger partial charge < -0.3 is 15.6 Å². The third-order valence-corrected chi connectivity index (χ3v) is 4.24. The molecule has 0 spiro atoms. The van der Waals surface area contributed by atoms with Crippen molar-refractivity contribution in [1.82, 2.24) is 15.6 Å². The van der Waals surface area contributed by atoms with Gasteiger partial charge >= 0.3 is 0 Å². The summed E-state index contributed by atoms with van der Waals surface area (Å²) in [5.41, 5.74) is 3.46. The summed E-state index contributed by atoms with van der Waals surface area (Å²) < 4.78 is 0. The first-order valence-corrected chi connectivity index (χ1v) is 7.78. The molecule has 3 rings (SSSR count). The fourth-order valence-corrected chi connectivity index (χ4v) is 3.07. The van der Waals surface area contributed by atoms with E-state index < -0.39 is 0 Å². The molecule has 0 saturated carbocycles. The topological polar surface area (TPSA) is 74.0 Å². The minimum Gasteiger partial charge on any atom is -0.361 e. The van der Waals surface area contributed by atoms with Crippen molar-refractivity contribution in [3.8, 4) is 0 Å². The van der Waals surface area contributed by atoms with Crippen LogP contribution in [0.2, 0.25) is 0 Å². The van der Waals surface area contributed by atoms with E-state index in [1.807, 2.05) is 18.3 Å². The standard InChI is InChI=1S/C17H21N3O2/c1-11-4-2-5-13-16(11)12(10-19-13)7-8-15(21)20-14-6-3-9-18-17(14)22/h2,4-5,10,14,19H,3,6-9H2,1H3,(H,18,22)(H,20,21)/t14-/m0/s1. The van der Waals surface area contributed by atoms with Crippen LogP contribution < -0.4 is 10.6 Å². The minimum atomic E-state index is -0.369. The summed E-state index contributed by atoms with van der Waals surface area (Å²) in [4.78, 5) is 27.0. The zero-order valence-corrected chi connectivity index (χ0v) is 12.7. The lowest BCUT2D eigenvalue weighted by molar-refractivity contribution is -0.130. The first-order chi connectivity index (χ1) is 10.6. The van der Waals surface area contributed by atoms with E-state index in [0.717, 1.165) is 23.9 Å². The number of fused-ring (bicyclic) bond motifs is 1. The average Bonchev–Trinajstić information content (AvgIpc) is 2.92. The van der Waals surface area contributed by atoms with Crippen molar-refractivity contribution in [2.24, 2.45) is 0 Å². The Morgan fingerprint density at radius 1 is 1.41 bits per heavy atom. The van der Waals surface area contributed by atoms with Crippen LogP contribution in [0.25, 0.3) is 10.9 Å². The highest BCUT2D eigenvalue weighted by molar-refractivity contribution is 5.89. The lowest BCUT2D eigenvalue weighted by Gasteiger charge is -2.22. The number of aromatic nitrogens is 1. The number of carbonyl (C=O) groups is 2. The molecule has 1 atom stereocenters. The fraction of sp³-hybridized carbons (Fsp3) is 0.412. The van der Waals surface area contributed by atoms with Crippen LogP contribution in [0.15, 0.2) is 24.4 Å². The molecule has 1 aliphatic heterocycles. The Morgan fingerprint density at radius 2 is 2.27 bits per heavy atom. The Morgan fingerprint density at radius 3 is 3.09 bits per heavy atom. The van der Waals surface area contributed by atoms with E-state index >= 15 is 0 Å². The minimum absolute atomic E-state index is 0.0648. The third-order valence-electron chi connectivity index (χ3n) is 4.24. The molecular weight excluding hydrogens is 278 g/mol. The van der Waals surface area contributed by atoms with E-state index in [0.29, 0.717) is 19.4 Å². The lowest BCUT2D eigenvalue weighted by atomic mass is 10.0. The molecule has 1 aliphatic rings. The van der Waals surface area contributed by atoms with E-state index in [1.54, 1.807) is 0 Å². The van der Waals surface area contributed by atoms with Gasteiger partial charge in [0.2, 0.25) is 11.8 Å². The van der Waals surface area contributed by atoms with Gasteiger partial charge in [-0.15, -0.1) is 0 Å². The molecule has 116 valence electrons. The molecule has 2 aromatic rings. The summed E-state index contributed by atoms with van der Waals surface area (Å²) in [6.07, 6.45) is 4.68. The highest BCUT2D eigenvalue weighted by Crippen LogP contribution is 2.23. The summed E-state index contributed by atoms with van der Waals surface area (Å²) in [5, 5.41) is 6.81. The number of amides is 2. The van der Waals surface area contributed by atoms with Gasteiger partial charge in [-0.25, -0.2) is 0 Å². The Balaban J connectivity index is 1.61. The molecule has 1 fully saturated rings. The summed E-state index contributed by atoms with van der Waals surface area (Å²) in [7, 11) is 0. The summed E-state index contributed by atoms with van der Waals surface area (Å²) in [5.74, 6) is -0.132. The largest absolute Gasteiger partial charge is 0.361 e. The number of hydrogen-bond donors (Lipinski definition) is 3. The lowest BCUT2D eigenvalue weighted by Crippen LogP contribution is -2.50. The molecule has 0 aliphatic carbocycles. The second-order valence-corrected chi connectivity index (χ2v) is 5.86. The van der Waals surface area contributed by atoms with Gasteiger partial charge in [0.1, 0.15) is 6.04 Å². The third kappa shape index (κ3) is 2.98.